The zero-order valence-corrected chi connectivity index (χ0v) is 15.1. The summed E-state index contributed by atoms with van der Waals surface area (Å²) in [6, 6.07) is 6.73. The van der Waals surface area contributed by atoms with Gasteiger partial charge in [0.05, 0.1) is 0 Å². The first kappa shape index (κ1) is 18.5. The van der Waals surface area contributed by atoms with E-state index >= 15 is 0 Å². The van der Waals surface area contributed by atoms with Crippen LogP contribution in [0.5, 0.6) is 0 Å². The van der Waals surface area contributed by atoms with Crippen LogP contribution in [0.25, 0.3) is 0 Å². The van der Waals surface area contributed by atoms with Gasteiger partial charge in [0.1, 0.15) is 5.69 Å². The van der Waals surface area contributed by atoms with E-state index in [1.165, 1.54) is 19.2 Å². The number of hydrogen-bond acceptors (Lipinski definition) is 5. The largest absolute Gasteiger partial charge is 0.347 e. The SMILES string of the molecule is CC(=O)N1CCN(C(=O)c2ccnc(C(=O)NCc3ccncc3)c2)CC1. The van der Waals surface area contributed by atoms with E-state index in [1.54, 1.807) is 28.3 Å². The predicted molar refractivity (Wildman–Crippen MR) is 97.8 cm³/mol. The molecule has 0 radical (unpaired) electrons. The molecule has 140 valence electrons. The molecule has 0 bridgehead atoms. The lowest BCUT2D eigenvalue weighted by atomic mass is 10.1. The smallest absolute Gasteiger partial charge is 0.270 e. The zero-order valence-electron chi connectivity index (χ0n) is 15.1. The summed E-state index contributed by atoms with van der Waals surface area (Å²) >= 11 is 0. The Labute approximate surface area is 157 Å². The monoisotopic (exact) mass is 367 g/mol. The lowest BCUT2D eigenvalue weighted by Gasteiger charge is -2.34. The molecule has 2 aromatic rings. The summed E-state index contributed by atoms with van der Waals surface area (Å²) in [5.41, 5.74) is 1.53. The summed E-state index contributed by atoms with van der Waals surface area (Å²) in [7, 11) is 0. The van der Waals surface area contributed by atoms with Crippen molar-refractivity contribution < 1.29 is 14.4 Å². The van der Waals surface area contributed by atoms with Gasteiger partial charge in [0, 0.05) is 63.8 Å². The van der Waals surface area contributed by atoms with E-state index in [0.29, 0.717) is 38.3 Å². The van der Waals surface area contributed by atoms with Gasteiger partial charge < -0.3 is 15.1 Å². The number of pyridine rings is 2. The number of nitrogens with one attached hydrogen (secondary N) is 1. The van der Waals surface area contributed by atoms with Crippen LogP contribution in [0.2, 0.25) is 0 Å². The Morgan fingerprint density at radius 2 is 1.67 bits per heavy atom. The molecule has 8 heteroatoms. The molecule has 27 heavy (non-hydrogen) atoms. The minimum absolute atomic E-state index is 0.0131. The van der Waals surface area contributed by atoms with E-state index < -0.39 is 0 Å². The third kappa shape index (κ3) is 4.66. The summed E-state index contributed by atoms with van der Waals surface area (Å²) in [6.07, 6.45) is 4.77. The fourth-order valence-corrected chi connectivity index (χ4v) is 2.87. The van der Waals surface area contributed by atoms with Crippen molar-refractivity contribution in [3.63, 3.8) is 0 Å². The van der Waals surface area contributed by atoms with Crippen LogP contribution in [0.3, 0.4) is 0 Å². The van der Waals surface area contributed by atoms with Crippen LogP contribution >= 0.6 is 0 Å². The van der Waals surface area contributed by atoms with Crippen molar-refractivity contribution in [3.8, 4) is 0 Å². The number of amides is 3. The van der Waals surface area contributed by atoms with Crippen LogP contribution in [-0.2, 0) is 11.3 Å². The highest BCUT2D eigenvalue weighted by Crippen LogP contribution is 2.10. The second-order valence-electron chi connectivity index (χ2n) is 6.27. The summed E-state index contributed by atoms with van der Waals surface area (Å²) in [5.74, 6) is -0.495. The lowest BCUT2D eigenvalue weighted by molar-refractivity contribution is -0.130. The minimum atomic E-state index is -0.345. The molecular weight excluding hydrogens is 346 g/mol. The van der Waals surface area contributed by atoms with Crippen molar-refractivity contribution in [2.75, 3.05) is 26.2 Å². The van der Waals surface area contributed by atoms with E-state index in [-0.39, 0.29) is 23.4 Å². The van der Waals surface area contributed by atoms with Gasteiger partial charge in [-0.3, -0.25) is 24.4 Å². The molecule has 3 amide bonds. The van der Waals surface area contributed by atoms with Crippen molar-refractivity contribution in [1.29, 1.82) is 0 Å². The standard InChI is InChI=1S/C19H21N5O3/c1-14(25)23-8-10-24(11-9-23)19(27)16-4-7-21-17(12-16)18(26)22-13-15-2-5-20-6-3-15/h2-7,12H,8-11,13H2,1H3,(H,22,26). The van der Waals surface area contributed by atoms with Gasteiger partial charge in [-0.15, -0.1) is 0 Å². The van der Waals surface area contributed by atoms with Gasteiger partial charge in [0.15, 0.2) is 0 Å². The highest BCUT2D eigenvalue weighted by atomic mass is 16.2. The zero-order chi connectivity index (χ0) is 19.2. The van der Waals surface area contributed by atoms with Gasteiger partial charge in [0.25, 0.3) is 11.8 Å². The van der Waals surface area contributed by atoms with Gasteiger partial charge in [0.2, 0.25) is 5.91 Å². The van der Waals surface area contributed by atoms with Crippen LogP contribution in [0.1, 0.15) is 33.3 Å². The number of carbonyl (C=O) groups excluding carboxylic acids is 3. The van der Waals surface area contributed by atoms with Crippen molar-refractivity contribution in [3.05, 3.63) is 59.7 Å². The summed E-state index contributed by atoms with van der Waals surface area (Å²) in [6.45, 7) is 3.87. The van der Waals surface area contributed by atoms with Crippen molar-refractivity contribution in [2.45, 2.75) is 13.5 Å². The van der Waals surface area contributed by atoms with Crippen molar-refractivity contribution in [1.82, 2.24) is 25.1 Å². The molecule has 0 aromatic carbocycles. The van der Waals surface area contributed by atoms with Gasteiger partial charge >= 0.3 is 0 Å². The Kier molecular flexibility index (Phi) is 5.75. The Balaban J connectivity index is 1.62. The quantitative estimate of drug-likeness (QED) is 0.859. The number of rotatable bonds is 4. The highest BCUT2D eigenvalue weighted by molar-refractivity contribution is 5.98. The molecule has 3 rings (SSSR count). The molecule has 3 heterocycles. The normalized spacial score (nSPS) is 14.0. The van der Waals surface area contributed by atoms with E-state index in [1.807, 2.05) is 12.1 Å². The van der Waals surface area contributed by atoms with E-state index in [0.717, 1.165) is 5.56 Å². The first-order valence-electron chi connectivity index (χ1n) is 8.72. The molecule has 0 unspecified atom stereocenters. The molecule has 8 nitrogen and oxygen atoms in total. The predicted octanol–water partition coefficient (Wildman–Crippen LogP) is 0.711. The Morgan fingerprint density at radius 1 is 1.00 bits per heavy atom. The molecule has 1 saturated heterocycles. The van der Waals surface area contributed by atoms with Gasteiger partial charge in [-0.1, -0.05) is 0 Å². The van der Waals surface area contributed by atoms with E-state index in [9.17, 15) is 14.4 Å². The number of aromatic nitrogens is 2. The summed E-state index contributed by atoms with van der Waals surface area (Å²) in [4.78, 5) is 47.8. The Bertz CT molecular complexity index is 832. The summed E-state index contributed by atoms with van der Waals surface area (Å²) in [5, 5.41) is 2.78. The molecule has 0 saturated carbocycles. The average Bonchev–Trinajstić information content (AvgIpc) is 2.72. The molecule has 2 aromatic heterocycles. The second kappa shape index (κ2) is 8.39. The van der Waals surface area contributed by atoms with Crippen LogP contribution < -0.4 is 5.32 Å². The topological polar surface area (TPSA) is 95.5 Å². The van der Waals surface area contributed by atoms with Crippen LogP contribution in [0.15, 0.2) is 42.9 Å². The number of nitrogens with zero attached hydrogens (tertiary/aromatic N) is 4. The molecular formula is C19H21N5O3. The second-order valence-corrected chi connectivity index (χ2v) is 6.27. The maximum atomic E-state index is 12.7. The molecule has 1 N–H and O–H groups in total. The molecule has 1 aliphatic rings. The fourth-order valence-electron chi connectivity index (χ4n) is 2.87. The Hall–Kier alpha value is -3.29. The number of carbonyl (C=O) groups is 3. The van der Waals surface area contributed by atoms with Crippen molar-refractivity contribution in [2.24, 2.45) is 0 Å². The lowest BCUT2D eigenvalue weighted by Crippen LogP contribution is -2.50. The molecule has 1 aliphatic heterocycles. The number of hydrogen-bond donors (Lipinski definition) is 1. The van der Waals surface area contributed by atoms with Gasteiger partial charge in [-0.05, 0) is 29.8 Å². The fraction of sp³-hybridized carbons (Fsp3) is 0.316. The summed E-state index contributed by atoms with van der Waals surface area (Å²) < 4.78 is 0. The molecule has 0 atom stereocenters. The third-order valence-electron chi connectivity index (χ3n) is 4.45. The van der Waals surface area contributed by atoms with Crippen LogP contribution in [0, 0.1) is 0 Å². The minimum Gasteiger partial charge on any atom is -0.347 e. The molecule has 0 aliphatic carbocycles. The van der Waals surface area contributed by atoms with Crippen molar-refractivity contribution >= 4 is 17.7 Å². The van der Waals surface area contributed by atoms with E-state index in [4.69, 9.17) is 0 Å². The molecule has 1 fully saturated rings. The van der Waals surface area contributed by atoms with Crippen LogP contribution in [-0.4, -0.2) is 63.7 Å². The van der Waals surface area contributed by atoms with Crippen LogP contribution in [0.4, 0.5) is 0 Å². The maximum absolute atomic E-state index is 12.7. The Morgan fingerprint density at radius 3 is 2.33 bits per heavy atom. The number of piperazine rings is 1. The average molecular weight is 367 g/mol. The third-order valence-corrected chi connectivity index (χ3v) is 4.45. The first-order chi connectivity index (χ1) is 13.0. The molecule has 0 spiro atoms. The van der Waals surface area contributed by atoms with E-state index in [2.05, 4.69) is 15.3 Å². The highest BCUT2D eigenvalue weighted by Gasteiger charge is 2.23. The van der Waals surface area contributed by atoms with Gasteiger partial charge in [-0.2, -0.15) is 0 Å². The van der Waals surface area contributed by atoms with Gasteiger partial charge in [-0.25, -0.2) is 0 Å². The first-order valence-corrected chi connectivity index (χ1v) is 8.72. The maximum Gasteiger partial charge on any atom is 0.270 e.